The molecule has 0 aromatic rings. The molecule has 0 aliphatic carbocycles. The van der Waals surface area contributed by atoms with Crippen LogP contribution in [-0.4, -0.2) is 82.3 Å². The number of nitrogens with zero attached hydrogens (tertiary/aromatic N) is 1. The van der Waals surface area contributed by atoms with Gasteiger partial charge in [-0.3, -0.25) is 4.84 Å². The van der Waals surface area contributed by atoms with E-state index < -0.39 is 30.7 Å². The molecule has 0 saturated carbocycles. The minimum atomic E-state index is -1.21. The monoisotopic (exact) mass is 253 g/mol. The molecule has 1 saturated heterocycles. The van der Waals surface area contributed by atoms with E-state index in [2.05, 4.69) is 0 Å². The molecule has 1 heterocycles. The number of ether oxygens (including phenoxy) is 1. The third kappa shape index (κ3) is 2.99. The zero-order valence-electron chi connectivity index (χ0n) is 9.61. The molecule has 0 aromatic carbocycles. The Labute approximate surface area is 97.0 Å². The van der Waals surface area contributed by atoms with Crippen molar-refractivity contribution in [3.8, 4) is 0 Å². The molecule has 1 aliphatic rings. The van der Waals surface area contributed by atoms with Crippen LogP contribution in [0.4, 0.5) is 0 Å². The van der Waals surface area contributed by atoms with Crippen LogP contribution in [-0.2, 0) is 14.0 Å². The van der Waals surface area contributed by atoms with Crippen molar-refractivity contribution in [2.24, 2.45) is 0 Å². The van der Waals surface area contributed by atoms with E-state index in [-0.39, 0.29) is 6.61 Å². The molecule has 2 unspecified atom stereocenters. The summed E-state index contributed by atoms with van der Waals surface area (Å²) in [7, 11) is 3.70. The quantitative estimate of drug-likeness (QED) is 0.355. The van der Waals surface area contributed by atoms with Crippen molar-refractivity contribution in [3.63, 3.8) is 0 Å². The largest absolute Gasteiger partial charge is 0.417 e. The van der Waals surface area contributed by atoms with Gasteiger partial charge < -0.3 is 24.5 Å². The number of hydrogen-bond donors (Lipinski definition) is 3. The highest BCUT2D eigenvalue weighted by Gasteiger charge is 2.45. The zero-order valence-corrected chi connectivity index (χ0v) is 11.6. The van der Waals surface area contributed by atoms with Crippen LogP contribution in [0.15, 0.2) is 0 Å². The molecule has 0 spiro atoms. The number of aliphatic hydroxyl groups is 3. The van der Waals surface area contributed by atoms with Crippen molar-refractivity contribution < 1.29 is 29.3 Å². The van der Waals surface area contributed by atoms with Crippen LogP contribution in [0.5, 0.6) is 0 Å². The van der Waals surface area contributed by atoms with Crippen LogP contribution in [0, 0.1) is 0 Å². The standard InChI is InChI=1S/C8H19NO6Si/c1-9(2)14-6-5(11)4(3-10)13-8(12)7(6)15-16/h4-8,10-12H,3H2,1-2,16H3/t4?,5-,6+,7-,8?/m1/s1. The summed E-state index contributed by atoms with van der Waals surface area (Å²) in [5, 5.41) is 29.9. The molecular weight excluding hydrogens is 234 g/mol. The Bertz CT molecular complexity index is 219. The summed E-state index contributed by atoms with van der Waals surface area (Å²) in [6.45, 7) is -0.390. The lowest BCUT2D eigenvalue weighted by Gasteiger charge is -2.42. The van der Waals surface area contributed by atoms with Gasteiger partial charge in [0.2, 0.25) is 0 Å². The van der Waals surface area contributed by atoms with Crippen LogP contribution in [0.1, 0.15) is 0 Å². The van der Waals surface area contributed by atoms with Crippen LogP contribution in [0.25, 0.3) is 0 Å². The SMILES string of the molecule is CN(C)O[C@H]1[C@H](O)C(CO)OC(O)[C@@H]1O[SiH3]. The fourth-order valence-electron chi connectivity index (χ4n) is 1.67. The van der Waals surface area contributed by atoms with Gasteiger partial charge in [0.05, 0.1) is 6.61 Å². The highest BCUT2D eigenvalue weighted by atomic mass is 28.2. The molecule has 0 bridgehead atoms. The van der Waals surface area contributed by atoms with Gasteiger partial charge in [0.25, 0.3) is 0 Å². The van der Waals surface area contributed by atoms with Gasteiger partial charge in [0, 0.05) is 14.1 Å². The molecule has 1 fully saturated rings. The fourth-order valence-corrected chi connectivity index (χ4v) is 2.17. The third-order valence-corrected chi connectivity index (χ3v) is 2.97. The summed E-state index contributed by atoms with van der Waals surface area (Å²) >= 11 is 0. The number of aliphatic hydroxyl groups excluding tert-OH is 3. The number of hydroxylamine groups is 2. The minimum absolute atomic E-state index is 0.381. The van der Waals surface area contributed by atoms with Gasteiger partial charge in [0.1, 0.15) is 34.9 Å². The maximum absolute atomic E-state index is 9.88. The van der Waals surface area contributed by atoms with Crippen molar-refractivity contribution >= 4 is 10.5 Å². The second-order valence-corrected chi connectivity index (χ2v) is 4.29. The molecule has 8 heteroatoms. The molecule has 96 valence electrons. The van der Waals surface area contributed by atoms with Crippen molar-refractivity contribution in [2.45, 2.75) is 30.7 Å². The van der Waals surface area contributed by atoms with Gasteiger partial charge in [-0.2, -0.15) is 5.06 Å². The van der Waals surface area contributed by atoms with Crippen LogP contribution in [0.3, 0.4) is 0 Å². The van der Waals surface area contributed by atoms with Crippen molar-refractivity contribution in [1.29, 1.82) is 0 Å². The van der Waals surface area contributed by atoms with E-state index in [1.54, 1.807) is 14.1 Å². The second-order valence-electron chi connectivity index (χ2n) is 3.82. The number of rotatable bonds is 4. The zero-order chi connectivity index (χ0) is 12.3. The molecule has 16 heavy (non-hydrogen) atoms. The average Bonchev–Trinajstić information content (AvgIpc) is 2.22. The normalized spacial score (nSPS) is 40.5. The van der Waals surface area contributed by atoms with Gasteiger partial charge >= 0.3 is 0 Å². The summed E-state index contributed by atoms with van der Waals surface area (Å²) in [5.41, 5.74) is 0. The van der Waals surface area contributed by atoms with Crippen molar-refractivity contribution in [1.82, 2.24) is 5.06 Å². The first kappa shape index (κ1) is 14.0. The molecule has 3 N–H and O–H groups in total. The smallest absolute Gasteiger partial charge is 0.183 e. The maximum Gasteiger partial charge on any atom is 0.183 e. The third-order valence-electron chi connectivity index (χ3n) is 2.42. The van der Waals surface area contributed by atoms with E-state index in [1.807, 2.05) is 0 Å². The van der Waals surface area contributed by atoms with E-state index in [9.17, 15) is 10.2 Å². The fraction of sp³-hybridized carbons (Fsp3) is 1.00. The lowest BCUT2D eigenvalue weighted by molar-refractivity contribution is -0.322. The van der Waals surface area contributed by atoms with Crippen LogP contribution < -0.4 is 0 Å². The summed E-state index contributed by atoms with van der Waals surface area (Å²) in [5.74, 6) is 0. The predicted octanol–water partition coefficient (Wildman–Crippen LogP) is -3.42. The molecule has 1 aliphatic heterocycles. The second kappa shape index (κ2) is 6.03. The Morgan fingerprint density at radius 1 is 1.31 bits per heavy atom. The molecule has 1 rings (SSSR count). The molecule has 0 radical (unpaired) electrons. The predicted molar refractivity (Wildman–Crippen MR) is 57.3 cm³/mol. The molecule has 0 aromatic heterocycles. The summed E-state index contributed by atoms with van der Waals surface area (Å²) in [6, 6.07) is 0. The van der Waals surface area contributed by atoms with Gasteiger partial charge in [-0.1, -0.05) is 0 Å². The Kier molecular flexibility index (Phi) is 5.28. The Morgan fingerprint density at radius 3 is 2.38 bits per heavy atom. The summed E-state index contributed by atoms with van der Waals surface area (Å²) < 4.78 is 10.2. The topological polar surface area (TPSA) is 91.6 Å². The van der Waals surface area contributed by atoms with Gasteiger partial charge in [0.15, 0.2) is 6.29 Å². The summed E-state index contributed by atoms with van der Waals surface area (Å²) in [4.78, 5) is 5.34. The van der Waals surface area contributed by atoms with Crippen molar-refractivity contribution in [3.05, 3.63) is 0 Å². The first-order valence-corrected chi connectivity index (χ1v) is 5.82. The van der Waals surface area contributed by atoms with E-state index in [1.165, 1.54) is 5.06 Å². The first-order chi connectivity index (χ1) is 7.51. The first-order valence-electron chi connectivity index (χ1n) is 5.00. The van der Waals surface area contributed by atoms with E-state index >= 15 is 0 Å². The van der Waals surface area contributed by atoms with E-state index in [0.29, 0.717) is 10.5 Å². The highest BCUT2D eigenvalue weighted by molar-refractivity contribution is 5.98. The van der Waals surface area contributed by atoms with Crippen LogP contribution >= 0.6 is 0 Å². The minimum Gasteiger partial charge on any atom is -0.417 e. The molecule has 5 atom stereocenters. The molecular formula is C8H19NO6Si. The maximum atomic E-state index is 9.88. The summed E-state index contributed by atoms with van der Waals surface area (Å²) in [6.07, 6.45) is -4.62. The average molecular weight is 253 g/mol. The highest BCUT2D eigenvalue weighted by Crippen LogP contribution is 2.24. The molecule has 7 nitrogen and oxygen atoms in total. The van der Waals surface area contributed by atoms with Gasteiger partial charge in [-0.15, -0.1) is 0 Å². The van der Waals surface area contributed by atoms with Crippen LogP contribution in [0.2, 0.25) is 0 Å². The Morgan fingerprint density at radius 2 is 1.94 bits per heavy atom. The number of hydrogen-bond acceptors (Lipinski definition) is 7. The van der Waals surface area contributed by atoms with E-state index in [0.717, 1.165) is 0 Å². The Hall–Kier alpha value is -0.0631. The van der Waals surface area contributed by atoms with E-state index in [4.69, 9.17) is 19.1 Å². The molecule has 0 amide bonds. The van der Waals surface area contributed by atoms with Gasteiger partial charge in [-0.25, -0.2) is 0 Å². The van der Waals surface area contributed by atoms with Crippen molar-refractivity contribution in [2.75, 3.05) is 20.7 Å². The lowest BCUT2D eigenvalue weighted by atomic mass is 9.99. The lowest BCUT2D eigenvalue weighted by Crippen LogP contribution is -2.61. The Balaban J connectivity index is 2.77. The van der Waals surface area contributed by atoms with Gasteiger partial charge in [-0.05, 0) is 0 Å².